The monoisotopic (exact) mass is 467 g/mol. The molecule has 9 heteroatoms. The molecule has 1 saturated carbocycles. The molecule has 178 valence electrons. The zero-order chi connectivity index (χ0) is 23.3. The van der Waals surface area contributed by atoms with Crippen molar-refractivity contribution in [1.29, 1.82) is 0 Å². The first kappa shape index (κ1) is 24.7. The first-order valence-electron chi connectivity index (χ1n) is 11.2. The van der Waals surface area contributed by atoms with Crippen LogP contribution in [0.15, 0.2) is 29.2 Å². The number of nitrogens with zero attached hydrogens (tertiary/aromatic N) is 1. The van der Waals surface area contributed by atoms with Crippen LogP contribution in [0, 0.1) is 17.8 Å². The van der Waals surface area contributed by atoms with Gasteiger partial charge in [-0.2, -0.15) is 4.31 Å². The van der Waals surface area contributed by atoms with Crippen LogP contribution in [-0.4, -0.2) is 63.7 Å². The van der Waals surface area contributed by atoms with Gasteiger partial charge in [0.05, 0.1) is 23.7 Å². The van der Waals surface area contributed by atoms with E-state index in [0.717, 1.165) is 19.3 Å². The summed E-state index contributed by atoms with van der Waals surface area (Å²) in [6.45, 7) is 7.25. The first-order valence-corrected chi connectivity index (χ1v) is 12.7. The maximum absolute atomic E-state index is 12.7. The molecule has 0 N–H and O–H groups in total. The molecule has 8 nitrogen and oxygen atoms in total. The van der Waals surface area contributed by atoms with Gasteiger partial charge in [0.25, 0.3) is 0 Å². The molecule has 1 aliphatic carbocycles. The van der Waals surface area contributed by atoms with Crippen LogP contribution in [0.2, 0.25) is 0 Å². The molecular weight excluding hydrogens is 434 g/mol. The lowest BCUT2D eigenvalue weighted by molar-refractivity contribution is -0.159. The van der Waals surface area contributed by atoms with Gasteiger partial charge in [-0.15, -0.1) is 0 Å². The van der Waals surface area contributed by atoms with Gasteiger partial charge in [0.2, 0.25) is 10.0 Å². The third-order valence-electron chi connectivity index (χ3n) is 6.26. The van der Waals surface area contributed by atoms with Gasteiger partial charge in [-0.3, -0.25) is 0 Å². The molecule has 3 atom stereocenters. The molecule has 1 aliphatic heterocycles. The molecular formula is C23H33NO7S. The van der Waals surface area contributed by atoms with Gasteiger partial charge in [-0.25, -0.2) is 18.0 Å². The normalized spacial score (nSPS) is 24.8. The van der Waals surface area contributed by atoms with Crippen LogP contribution in [0.1, 0.15) is 50.4 Å². The molecule has 1 saturated heterocycles. The van der Waals surface area contributed by atoms with Crippen LogP contribution in [-0.2, 0) is 29.0 Å². The number of benzene rings is 1. The summed E-state index contributed by atoms with van der Waals surface area (Å²) in [6.07, 6.45) is 2.82. The van der Waals surface area contributed by atoms with Crippen LogP contribution < -0.4 is 0 Å². The molecule has 0 amide bonds. The average Bonchev–Trinajstić information content (AvgIpc) is 2.78. The lowest BCUT2D eigenvalue weighted by Gasteiger charge is -2.36. The molecule has 32 heavy (non-hydrogen) atoms. The summed E-state index contributed by atoms with van der Waals surface area (Å²) in [5.74, 6) is -0.0381. The van der Waals surface area contributed by atoms with Crippen LogP contribution >= 0.6 is 0 Å². The third kappa shape index (κ3) is 6.08. The fourth-order valence-electron chi connectivity index (χ4n) is 4.36. The molecule has 0 unspecified atom stereocenters. The van der Waals surface area contributed by atoms with E-state index in [-0.39, 0.29) is 16.6 Å². The Hall–Kier alpha value is -1.97. The van der Waals surface area contributed by atoms with E-state index in [2.05, 4.69) is 20.8 Å². The Bertz CT molecular complexity index is 891. The molecule has 2 aliphatic rings. The number of rotatable bonds is 7. The van der Waals surface area contributed by atoms with Crippen molar-refractivity contribution in [3.8, 4) is 0 Å². The van der Waals surface area contributed by atoms with Crippen molar-refractivity contribution in [2.75, 3.05) is 32.9 Å². The van der Waals surface area contributed by atoms with E-state index in [1.54, 1.807) is 0 Å². The quantitative estimate of drug-likeness (QED) is 0.569. The highest BCUT2D eigenvalue weighted by molar-refractivity contribution is 7.89. The fourth-order valence-corrected chi connectivity index (χ4v) is 5.77. The standard InChI is InChI=1S/C23H33NO7S/c1-16(2)20-9-4-17(3)14-21(20)31-22(25)15-30-23(26)18-5-7-19(8-6-18)32(27,28)24-10-12-29-13-11-24/h5-8,16-17,20-21H,4,9-15H2,1-3H3/t17-,20+,21+/m1/s1. The number of sulfonamides is 1. The summed E-state index contributed by atoms with van der Waals surface area (Å²) >= 11 is 0. The van der Waals surface area contributed by atoms with E-state index < -0.39 is 28.6 Å². The second-order valence-corrected chi connectivity index (χ2v) is 10.9. The van der Waals surface area contributed by atoms with Crippen LogP contribution in [0.4, 0.5) is 0 Å². The highest BCUT2D eigenvalue weighted by Crippen LogP contribution is 2.35. The van der Waals surface area contributed by atoms with Crippen molar-refractivity contribution in [3.63, 3.8) is 0 Å². The Labute approximate surface area is 190 Å². The second kappa shape index (κ2) is 10.8. The van der Waals surface area contributed by atoms with Gasteiger partial charge in [0, 0.05) is 13.1 Å². The first-order chi connectivity index (χ1) is 15.2. The zero-order valence-corrected chi connectivity index (χ0v) is 19.8. The Balaban J connectivity index is 1.54. The average molecular weight is 468 g/mol. The van der Waals surface area contributed by atoms with Crippen LogP contribution in [0.3, 0.4) is 0 Å². The predicted octanol–water partition coefficient (Wildman–Crippen LogP) is 2.87. The molecule has 1 aromatic rings. The van der Waals surface area contributed by atoms with Gasteiger partial charge < -0.3 is 14.2 Å². The summed E-state index contributed by atoms with van der Waals surface area (Å²) in [6, 6.07) is 5.52. The van der Waals surface area contributed by atoms with E-state index in [0.29, 0.717) is 44.1 Å². The minimum atomic E-state index is -3.64. The van der Waals surface area contributed by atoms with E-state index in [1.165, 1.54) is 28.6 Å². The highest BCUT2D eigenvalue weighted by atomic mass is 32.2. The van der Waals surface area contributed by atoms with Gasteiger partial charge >= 0.3 is 11.9 Å². The van der Waals surface area contributed by atoms with Gasteiger partial charge in [0.15, 0.2) is 6.61 Å². The third-order valence-corrected chi connectivity index (χ3v) is 8.18. The minimum absolute atomic E-state index is 0.0986. The molecule has 1 heterocycles. The lowest BCUT2D eigenvalue weighted by atomic mass is 9.75. The number of ether oxygens (including phenoxy) is 3. The Morgan fingerprint density at radius 3 is 2.41 bits per heavy atom. The van der Waals surface area contributed by atoms with Gasteiger partial charge in [-0.1, -0.05) is 27.2 Å². The number of carbonyl (C=O) groups is 2. The molecule has 0 spiro atoms. The van der Waals surface area contributed by atoms with Gasteiger partial charge in [0.1, 0.15) is 6.10 Å². The SMILES string of the molecule is CC(C)[C@@H]1CC[C@@H](C)C[C@@H]1OC(=O)COC(=O)c1ccc(S(=O)(=O)N2CCOCC2)cc1. The Morgan fingerprint density at radius 2 is 1.78 bits per heavy atom. The van der Waals surface area contributed by atoms with Crippen LogP contribution in [0.25, 0.3) is 0 Å². The fraction of sp³-hybridized carbons (Fsp3) is 0.652. The summed E-state index contributed by atoms with van der Waals surface area (Å²) in [7, 11) is -3.64. The molecule has 1 aromatic carbocycles. The summed E-state index contributed by atoms with van der Waals surface area (Å²) < 4.78 is 42.6. The number of hydrogen-bond donors (Lipinski definition) is 0. The number of esters is 2. The Kier molecular flexibility index (Phi) is 8.30. The summed E-state index contributed by atoms with van der Waals surface area (Å²) in [5.41, 5.74) is 0.171. The van der Waals surface area contributed by atoms with Crippen molar-refractivity contribution < 1.29 is 32.2 Å². The minimum Gasteiger partial charge on any atom is -0.460 e. The largest absolute Gasteiger partial charge is 0.460 e. The van der Waals surface area contributed by atoms with Crippen molar-refractivity contribution >= 4 is 22.0 Å². The predicted molar refractivity (Wildman–Crippen MR) is 118 cm³/mol. The number of carbonyl (C=O) groups excluding carboxylic acids is 2. The topological polar surface area (TPSA) is 99.2 Å². The second-order valence-electron chi connectivity index (χ2n) is 8.97. The molecule has 2 fully saturated rings. The van der Waals surface area contributed by atoms with Gasteiger partial charge in [-0.05, 0) is 54.9 Å². The zero-order valence-electron chi connectivity index (χ0n) is 19.0. The highest BCUT2D eigenvalue weighted by Gasteiger charge is 2.33. The van der Waals surface area contributed by atoms with E-state index in [1.807, 2.05) is 0 Å². The van der Waals surface area contributed by atoms with Crippen LogP contribution in [0.5, 0.6) is 0 Å². The maximum Gasteiger partial charge on any atom is 0.344 e. The summed E-state index contributed by atoms with van der Waals surface area (Å²) in [5, 5.41) is 0. The van der Waals surface area contributed by atoms with Crippen molar-refractivity contribution in [2.24, 2.45) is 17.8 Å². The number of hydrogen-bond acceptors (Lipinski definition) is 7. The van der Waals surface area contributed by atoms with Crippen molar-refractivity contribution in [2.45, 2.75) is 51.0 Å². The smallest absolute Gasteiger partial charge is 0.344 e. The molecule has 3 rings (SSSR count). The van der Waals surface area contributed by atoms with E-state index >= 15 is 0 Å². The maximum atomic E-state index is 12.7. The van der Waals surface area contributed by atoms with Crippen molar-refractivity contribution in [3.05, 3.63) is 29.8 Å². The number of morpholine rings is 1. The van der Waals surface area contributed by atoms with E-state index in [9.17, 15) is 18.0 Å². The van der Waals surface area contributed by atoms with Crippen molar-refractivity contribution in [1.82, 2.24) is 4.31 Å². The molecule has 0 radical (unpaired) electrons. The molecule has 0 aromatic heterocycles. The molecule has 0 bridgehead atoms. The summed E-state index contributed by atoms with van der Waals surface area (Å²) in [4.78, 5) is 24.7. The lowest BCUT2D eigenvalue weighted by Crippen LogP contribution is -2.40. The Morgan fingerprint density at radius 1 is 1.12 bits per heavy atom. The van der Waals surface area contributed by atoms with E-state index in [4.69, 9.17) is 14.2 Å².